The van der Waals surface area contributed by atoms with Crippen LogP contribution in [0, 0.1) is 17.0 Å². The van der Waals surface area contributed by atoms with Gasteiger partial charge in [-0.1, -0.05) is 41.6 Å². The van der Waals surface area contributed by atoms with E-state index in [-0.39, 0.29) is 11.2 Å². The molecule has 1 fully saturated rings. The second kappa shape index (κ2) is 6.69. The number of rotatable bonds is 4. The number of benzene rings is 1. The number of hydrogen-bond donors (Lipinski definition) is 0. The van der Waals surface area contributed by atoms with Crippen LogP contribution in [0.4, 0.5) is 8.78 Å². The maximum absolute atomic E-state index is 13.5. The van der Waals surface area contributed by atoms with Gasteiger partial charge >= 0.3 is 0 Å². The van der Waals surface area contributed by atoms with Gasteiger partial charge in [0.25, 0.3) is 0 Å². The van der Waals surface area contributed by atoms with Gasteiger partial charge in [0.15, 0.2) is 11.6 Å². The van der Waals surface area contributed by atoms with Gasteiger partial charge in [-0.15, -0.1) is 0 Å². The van der Waals surface area contributed by atoms with Crippen LogP contribution in [-0.4, -0.2) is 11.9 Å². The summed E-state index contributed by atoms with van der Waals surface area (Å²) in [5.74, 6) is -0.950. The molecule has 0 saturated heterocycles. The monoisotopic (exact) mass is 332 g/mol. The molecule has 0 aliphatic heterocycles. The van der Waals surface area contributed by atoms with E-state index in [1.165, 1.54) is 25.7 Å². The maximum atomic E-state index is 13.5. The van der Waals surface area contributed by atoms with Gasteiger partial charge in [0.2, 0.25) is 0 Å². The number of ether oxygens (including phenoxy) is 1. The maximum Gasteiger partial charge on any atom is 0.165 e. The van der Waals surface area contributed by atoms with Gasteiger partial charge in [-0.05, 0) is 25.0 Å². The van der Waals surface area contributed by atoms with Crippen LogP contribution >= 0.6 is 15.9 Å². The summed E-state index contributed by atoms with van der Waals surface area (Å²) < 4.78 is 32.2. The van der Waals surface area contributed by atoms with Crippen molar-refractivity contribution in [2.75, 3.05) is 11.9 Å². The summed E-state index contributed by atoms with van der Waals surface area (Å²) in [6, 6.07) is 3.33. The summed E-state index contributed by atoms with van der Waals surface area (Å²) in [4.78, 5) is 0. The molecule has 19 heavy (non-hydrogen) atoms. The van der Waals surface area contributed by atoms with Gasteiger partial charge in [0.05, 0.1) is 6.61 Å². The first-order valence-electron chi connectivity index (χ1n) is 6.79. The average molecular weight is 333 g/mol. The Hall–Kier alpha value is -0.640. The molecular formula is C15H19BrF2O. The first kappa shape index (κ1) is 14.8. The Labute approximate surface area is 121 Å². The standard InChI is InChI=1S/C15H19BrF2O/c16-10-15(7-3-1-2-4-8-15)11-19-14-9-12(17)5-6-13(14)18/h5-6,9H,1-4,7-8,10-11H2. The molecule has 1 saturated carbocycles. The Morgan fingerprint density at radius 3 is 2.42 bits per heavy atom. The Bertz CT molecular complexity index is 415. The molecule has 1 aromatic carbocycles. The Morgan fingerprint density at radius 1 is 1.11 bits per heavy atom. The van der Waals surface area contributed by atoms with Crippen molar-refractivity contribution in [1.82, 2.24) is 0 Å². The molecule has 0 atom stereocenters. The van der Waals surface area contributed by atoms with Gasteiger partial charge in [-0.3, -0.25) is 0 Å². The highest BCUT2D eigenvalue weighted by molar-refractivity contribution is 9.09. The third-order valence-electron chi connectivity index (χ3n) is 3.87. The second-order valence-corrected chi connectivity index (χ2v) is 5.97. The van der Waals surface area contributed by atoms with Crippen LogP contribution < -0.4 is 4.74 Å². The van der Waals surface area contributed by atoms with Crippen molar-refractivity contribution in [1.29, 1.82) is 0 Å². The molecule has 0 aromatic heterocycles. The minimum absolute atomic E-state index is 0.0181. The van der Waals surface area contributed by atoms with Gasteiger partial charge in [-0.2, -0.15) is 0 Å². The van der Waals surface area contributed by atoms with E-state index in [0.29, 0.717) is 6.61 Å². The minimum atomic E-state index is -0.500. The van der Waals surface area contributed by atoms with Gasteiger partial charge in [-0.25, -0.2) is 8.78 Å². The largest absolute Gasteiger partial charge is 0.490 e. The Morgan fingerprint density at radius 2 is 1.79 bits per heavy atom. The van der Waals surface area contributed by atoms with E-state index >= 15 is 0 Å². The van der Waals surface area contributed by atoms with Gasteiger partial charge in [0, 0.05) is 16.8 Å². The van der Waals surface area contributed by atoms with E-state index in [9.17, 15) is 8.78 Å². The molecule has 0 spiro atoms. The van der Waals surface area contributed by atoms with E-state index in [1.807, 2.05) is 0 Å². The van der Waals surface area contributed by atoms with Gasteiger partial charge < -0.3 is 4.74 Å². The molecular weight excluding hydrogens is 314 g/mol. The van der Waals surface area contributed by atoms with Crippen molar-refractivity contribution in [3.63, 3.8) is 0 Å². The van der Waals surface area contributed by atoms with Crippen LogP contribution in [0.5, 0.6) is 5.75 Å². The minimum Gasteiger partial charge on any atom is -0.490 e. The Kier molecular flexibility index (Phi) is 5.20. The highest BCUT2D eigenvalue weighted by Crippen LogP contribution is 2.37. The lowest BCUT2D eigenvalue weighted by molar-refractivity contribution is 0.144. The van der Waals surface area contributed by atoms with Crippen molar-refractivity contribution >= 4 is 15.9 Å². The zero-order valence-corrected chi connectivity index (χ0v) is 12.5. The van der Waals surface area contributed by atoms with Crippen molar-refractivity contribution in [3.05, 3.63) is 29.8 Å². The normalized spacial score (nSPS) is 18.9. The van der Waals surface area contributed by atoms with Crippen LogP contribution in [-0.2, 0) is 0 Å². The van der Waals surface area contributed by atoms with Crippen molar-refractivity contribution in [3.8, 4) is 5.75 Å². The van der Waals surface area contributed by atoms with Crippen LogP contribution in [0.25, 0.3) is 0 Å². The molecule has 106 valence electrons. The summed E-state index contributed by atoms with van der Waals surface area (Å²) in [6.07, 6.45) is 7.03. The lowest BCUT2D eigenvalue weighted by Gasteiger charge is -2.30. The predicted molar refractivity (Wildman–Crippen MR) is 75.8 cm³/mol. The van der Waals surface area contributed by atoms with Crippen molar-refractivity contribution in [2.45, 2.75) is 38.5 Å². The molecule has 0 heterocycles. The number of halogens is 3. The molecule has 0 unspecified atom stereocenters. The molecule has 1 aliphatic carbocycles. The molecule has 4 heteroatoms. The fourth-order valence-corrected chi connectivity index (χ4v) is 3.34. The van der Waals surface area contributed by atoms with Crippen LogP contribution in [0.15, 0.2) is 18.2 Å². The lowest BCUT2D eigenvalue weighted by Crippen LogP contribution is -2.30. The first-order chi connectivity index (χ1) is 9.15. The topological polar surface area (TPSA) is 9.23 Å². The number of alkyl halides is 1. The first-order valence-corrected chi connectivity index (χ1v) is 7.91. The van der Waals surface area contributed by atoms with E-state index in [1.54, 1.807) is 0 Å². The molecule has 0 bridgehead atoms. The summed E-state index contributed by atoms with van der Waals surface area (Å²) in [6.45, 7) is 0.443. The number of hydrogen-bond acceptors (Lipinski definition) is 1. The van der Waals surface area contributed by atoms with Crippen LogP contribution in [0.1, 0.15) is 38.5 Å². The van der Waals surface area contributed by atoms with Crippen LogP contribution in [0.3, 0.4) is 0 Å². The van der Waals surface area contributed by atoms with Crippen LogP contribution in [0.2, 0.25) is 0 Å². The smallest absolute Gasteiger partial charge is 0.165 e. The van der Waals surface area contributed by atoms with Crippen molar-refractivity contribution in [2.24, 2.45) is 5.41 Å². The molecule has 0 radical (unpaired) electrons. The molecule has 1 aliphatic rings. The summed E-state index contributed by atoms with van der Waals surface area (Å²) in [5.41, 5.74) is 0.0509. The van der Waals surface area contributed by atoms with E-state index in [0.717, 1.165) is 36.4 Å². The van der Waals surface area contributed by atoms with Crippen molar-refractivity contribution < 1.29 is 13.5 Å². The third kappa shape index (κ3) is 3.91. The molecule has 0 N–H and O–H groups in total. The molecule has 1 nitrogen and oxygen atoms in total. The lowest BCUT2D eigenvalue weighted by atomic mass is 9.83. The fourth-order valence-electron chi connectivity index (χ4n) is 2.61. The highest BCUT2D eigenvalue weighted by atomic mass is 79.9. The summed E-state index contributed by atoms with van der Waals surface area (Å²) in [7, 11) is 0. The summed E-state index contributed by atoms with van der Waals surface area (Å²) in [5, 5.41) is 0.844. The Balaban J connectivity index is 2.04. The zero-order chi connectivity index (χ0) is 13.7. The van der Waals surface area contributed by atoms with E-state index in [4.69, 9.17) is 4.74 Å². The van der Waals surface area contributed by atoms with E-state index < -0.39 is 11.6 Å². The summed E-state index contributed by atoms with van der Waals surface area (Å²) >= 11 is 3.56. The quantitative estimate of drug-likeness (QED) is 0.552. The van der Waals surface area contributed by atoms with E-state index in [2.05, 4.69) is 15.9 Å². The van der Waals surface area contributed by atoms with Gasteiger partial charge in [0.1, 0.15) is 5.82 Å². The molecule has 1 aromatic rings. The average Bonchev–Trinajstić information content (AvgIpc) is 2.66. The predicted octanol–water partition coefficient (Wildman–Crippen LogP) is 5.08. The highest BCUT2D eigenvalue weighted by Gasteiger charge is 2.31. The molecule has 0 amide bonds. The third-order valence-corrected chi connectivity index (χ3v) is 5.06. The second-order valence-electron chi connectivity index (χ2n) is 5.41. The zero-order valence-electron chi connectivity index (χ0n) is 10.9. The molecule has 2 rings (SSSR count). The SMILES string of the molecule is Fc1ccc(F)c(OCC2(CBr)CCCCCC2)c1. The fraction of sp³-hybridized carbons (Fsp3) is 0.600.